The summed E-state index contributed by atoms with van der Waals surface area (Å²) in [5.74, 6) is 0.122. The zero-order chi connectivity index (χ0) is 19.9. The summed E-state index contributed by atoms with van der Waals surface area (Å²) in [5.41, 5.74) is 1.89. The Labute approximate surface area is 166 Å². The number of esters is 1. The molecule has 7 heteroatoms. The Morgan fingerprint density at radius 3 is 2.43 bits per heavy atom. The minimum atomic E-state index is -0.583. The predicted molar refractivity (Wildman–Crippen MR) is 109 cm³/mol. The van der Waals surface area contributed by atoms with Gasteiger partial charge in [0, 0.05) is 6.07 Å². The van der Waals surface area contributed by atoms with Crippen LogP contribution in [-0.2, 0) is 16.1 Å². The fourth-order valence-corrected chi connectivity index (χ4v) is 2.75. The topological polar surface area (TPSA) is 84.2 Å². The minimum absolute atomic E-state index is 0.127. The van der Waals surface area contributed by atoms with Crippen LogP contribution in [0.5, 0.6) is 5.75 Å². The van der Waals surface area contributed by atoms with Gasteiger partial charge >= 0.3 is 5.97 Å². The Kier molecular flexibility index (Phi) is 6.18. The van der Waals surface area contributed by atoms with Crippen molar-refractivity contribution in [1.82, 2.24) is 9.97 Å². The van der Waals surface area contributed by atoms with E-state index in [0.717, 1.165) is 11.1 Å². The summed E-state index contributed by atoms with van der Waals surface area (Å²) < 4.78 is 10.7. The zero-order valence-electron chi connectivity index (χ0n) is 15.1. The molecule has 3 aromatic rings. The molecule has 0 atom stereocenters. The molecular weight excluding hydrogens is 376 g/mol. The molecule has 2 N–H and O–H groups in total. The van der Waals surface area contributed by atoms with Gasteiger partial charge in [0.2, 0.25) is 0 Å². The third-order valence-electron chi connectivity index (χ3n) is 3.90. The maximum absolute atomic E-state index is 12.2. The Bertz CT molecular complexity index is 1070. The second-order valence-electron chi connectivity index (χ2n) is 5.89. The van der Waals surface area contributed by atoms with Gasteiger partial charge in [0.1, 0.15) is 12.4 Å². The van der Waals surface area contributed by atoms with E-state index in [0.29, 0.717) is 12.4 Å². The Balaban J connectivity index is 1.83. The van der Waals surface area contributed by atoms with E-state index in [1.807, 2.05) is 54.6 Å². The fraction of sp³-hybridized carbons (Fsp3) is 0.0952. The number of carbonyl (C=O) groups is 1. The highest BCUT2D eigenvalue weighted by molar-refractivity contribution is 7.71. The third-order valence-corrected chi connectivity index (χ3v) is 4.10. The predicted octanol–water partition coefficient (Wildman–Crippen LogP) is 3.73. The average Bonchev–Trinajstić information content (AvgIpc) is 2.71. The summed E-state index contributed by atoms with van der Waals surface area (Å²) in [5, 5.41) is 0. The summed E-state index contributed by atoms with van der Waals surface area (Å²) in [6.45, 7) is 0.465. The van der Waals surface area contributed by atoms with E-state index in [4.69, 9.17) is 21.7 Å². The van der Waals surface area contributed by atoms with Crippen LogP contribution in [0.25, 0.3) is 11.6 Å². The number of hydrogen-bond acceptors (Lipinski definition) is 5. The summed E-state index contributed by atoms with van der Waals surface area (Å²) in [6, 6.07) is 18.4. The Morgan fingerprint density at radius 1 is 1.07 bits per heavy atom. The number of H-pyrrole nitrogens is 2. The first-order valence-electron chi connectivity index (χ1n) is 8.46. The van der Waals surface area contributed by atoms with Gasteiger partial charge in [-0.25, -0.2) is 4.79 Å². The van der Waals surface area contributed by atoms with Gasteiger partial charge in [-0.2, -0.15) is 0 Å². The number of methoxy groups -OCH3 is 1. The summed E-state index contributed by atoms with van der Waals surface area (Å²) in [7, 11) is 1.28. The van der Waals surface area contributed by atoms with E-state index >= 15 is 0 Å². The molecule has 0 amide bonds. The van der Waals surface area contributed by atoms with Gasteiger partial charge < -0.3 is 14.5 Å². The van der Waals surface area contributed by atoms with Crippen molar-refractivity contribution in [1.29, 1.82) is 0 Å². The number of carbonyl (C=O) groups excluding carboxylic acids is 1. The Hall–Kier alpha value is -3.45. The van der Waals surface area contributed by atoms with Crippen molar-refractivity contribution in [3.05, 3.63) is 92.6 Å². The van der Waals surface area contributed by atoms with Crippen LogP contribution in [0.4, 0.5) is 0 Å². The lowest BCUT2D eigenvalue weighted by atomic mass is 10.1. The second-order valence-corrected chi connectivity index (χ2v) is 6.30. The number of aromatic nitrogens is 2. The molecule has 142 valence electrons. The molecule has 0 aliphatic rings. The molecule has 1 aromatic heterocycles. The first kappa shape index (κ1) is 19.3. The summed E-state index contributed by atoms with van der Waals surface area (Å²) in [6.07, 6.45) is 1.62. The van der Waals surface area contributed by atoms with Crippen LogP contribution >= 0.6 is 12.2 Å². The lowest BCUT2D eigenvalue weighted by Crippen LogP contribution is -2.12. The third kappa shape index (κ3) is 5.05. The van der Waals surface area contributed by atoms with Crippen molar-refractivity contribution in [2.75, 3.05) is 7.11 Å². The molecule has 0 radical (unpaired) electrons. The first-order chi connectivity index (χ1) is 13.5. The number of hydrogen-bond donors (Lipinski definition) is 2. The molecule has 28 heavy (non-hydrogen) atoms. The van der Waals surface area contributed by atoms with Gasteiger partial charge in [0.25, 0.3) is 5.56 Å². The highest BCUT2D eigenvalue weighted by Gasteiger charge is 2.14. The van der Waals surface area contributed by atoms with E-state index in [9.17, 15) is 9.59 Å². The van der Waals surface area contributed by atoms with Crippen molar-refractivity contribution >= 4 is 29.8 Å². The van der Waals surface area contributed by atoms with Crippen LogP contribution in [0.3, 0.4) is 0 Å². The number of rotatable bonds is 6. The van der Waals surface area contributed by atoms with Crippen LogP contribution in [0.2, 0.25) is 0 Å². The number of benzene rings is 2. The second kappa shape index (κ2) is 8.96. The number of nitrogens with one attached hydrogen (secondary N) is 2. The van der Waals surface area contributed by atoms with E-state index in [1.165, 1.54) is 13.2 Å². The van der Waals surface area contributed by atoms with Crippen LogP contribution in [-0.4, -0.2) is 23.0 Å². The molecule has 0 unspecified atom stereocenters. The molecule has 2 aromatic carbocycles. The molecule has 0 saturated heterocycles. The molecule has 0 bridgehead atoms. The van der Waals surface area contributed by atoms with Crippen LogP contribution in [0.1, 0.15) is 16.8 Å². The number of ether oxygens (including phenoxy) is 2. The Morgan fingerprint density at radius 2 is 1.79 bits per heavy atom. The van der Waals surface area contributed by atoms with E-state index < -0.39 is 11.5 Å². The molecule has 1 heterocycles. The zero-order valence-corrected chi connectivity index (χ0v) is 15.9. The van der Waals surface area contributed by atoms with Crippen LogP contribution in [0, 0.1) is 4.77 Å². The quantitative estimate of drug-likeness (QED) is 0.378. The fourth-order valence-electron chi connectivity index (χ4n) is 2.54. The average molecular weight is 394 g/mol. The van der Waals surface area contributed by atoms with Gasteiger partial charge in [-0.05, 0) is 41.6 Å². The molecule has 0 fully saturated rings. The molecule has 0 aliphatic carbocycles. The normalized spacial score (nSPS) is 11.1. The van der Waals surface area contributed by atoms with Crippen molar-refractivity contribution in [3.8, 4) is 5.75 Å². The minimum Gasteiger partial charge on any atom is -0.489 e. The summed E-state index contributed by atoms with van der Waals surface area (Å²) >= 11 is 4.97. The highest BCUT2D eigenvalue weighted by atomic mass is 32.1. The lowest BCUT2D eigenvalue weighted by molar-refractivity contribution is -0.133. The first-order valence-corrected chi connectivity index (χ1v) is 8.87. The maximum atomic E-state index is 12.2. The summed E-state index contributed by atoms with van der Waals surface area (Å²) in [4.78, 5) is 29.1. The molecule has 6 nitrogen and oxygen atoms in total. The van der Waals surface area contributed by atoms with Crippen LogP contribution in [0.15, 0.2) is 65.5 Å². The molecule has 0 spiro atoms. The standard InChI is InChI=1S/C21H18N2O4S/c1-26-20(25)17(18-12-19(24)23-21(28)22-18)11-14-7-9-16(10-8-14)27-13-15-5-3-2-4-6-15/h2-12H,13H2,1H3,(H2,22,23,24,28)/b17-11-. The lowest BCUT2D eigenvalue weighted by Gasteiger charge is -2.08. The maximum Gasteiger partial charge on any atom is 0.339 e. The van der Waals surface area contributed by atoms with Gasteiger partial charge in [-0.1, -0.05) is 42.5 Å². The molecule has 3 rings (SSSR count). The molecular formula is C21H18N2O4S. The number of aromatic amines is 2. The van der Waals surface area contributed by atoms with Crippen molar-refractivity contribution in [2.24, 2.45) is 0 Å². The largest absolute Gasteiger partial charge is 0.489 e. The molecule has 0 aliphatic heterocycles. The molecule has 0 saturated carbocycles. The van der Waals surface area contributed by atoms with Crippen molar-refractivity contribution < 1.29 is 14.3 Å². The smallest absolute Gasteiger partial charge is 0.339 e. The van der Waals surface area contributed by atoms with E-state index in [2.05, 4.69) is 9.97 Å². The monoisotopic (exact) mass is 394 g/mol. The van der Waals surface area contributed by atoms with Gasteiger partial charge in [-0.3, -0.25) is 9.78 Å². The van der Waals surface area contributed by atoms with E-state index in [-0.39, 0.29) is 16.0 Å². The van der Waals surface area contributed by atoms with E-state index in [1.54, 1.807) is 6.08 Å². The highest BCUT2D eigenvalue weighted by Crippen LogP contribution is 2.20. The van der Waals surface area contributed by atoms with Gasteiger partial charge in [0.15, 0.2) is 4.77 Å². The SMILES string of the molecule is COC(=O)/C(=C\c1ccc(OCc2ccccc2)cc1)c1cc(=O)[nH]c(=S)[nH]1. The van der Waals surface area contributed by atoms with Crippen molar-refractivity contribution in [2.45, 2.75) is 6.61 Å². The van der Waals surface area contributed by atoms with Crippen molar-refractivity contribution in [3.63, 3.8) is 0 Å². The van der Waals surface area contributed by atoms with Crippen LogP contribution < -0.4 is 10.3 Å². The van der Waals surface area contributed by atoms with Gasteiger partial charge in [-0.15, -0.1) is 0 Å². The van der Waals surface area contributed by atoms with Gasteiger partial charge in [0.05, 0.1) is 18.4 Å².